The Morgan fingerprint density at radius 1 is 1.17 bits per heavy atom. The second kappa shape index (κ2) is 6.77. The van der Waals surface area contributed by atoms with Gasteiger partial charge in [-0.3, -0.25) is 4.79 Å². The number of carbonyl (C=O) groups is 1. The largest absolute Gasteiger partial charge is 0.508 e. The van der Waals surface area contributed by atoms with Crippen molar-refractivity contribution < 1.29 is 14.6 Å². The van der Waals surface area contributed by atoms with Gasteiger partial charge in [0.15, 0.2) is 11.6 Å². The topological polar surface area (TPSA) is 89.3 Å². The number of ether oxygens (including phenoxy) is 1. The van der Waals surface area contributed by atoms with Crippen LogP contribution in [-0.4, -0.2) is 32.8 Å². The lowest BCUT2D eigenvalue weighted by atomic mass is 9.85. The molecule has 2 aliphatic rings. The van der Waals surface area contributed by atoms with Crippen molar-refractivity contribution in [2.45, 2.75) is 25.3 Å². The molecule has 29 heavy (non-hydrogen) atoms. The molecule has 3 aromatic rings. The van der Waals surface area contributed by atoms with Crippen LogP contribution in [0, 0.1) is 0 Å². The van der Waals surface area contributed by atoms with Gasteiger partial charge in [-0.05, 0) is 54.8 Å². The fourth-order valence-electron chi connectivity index (χ4n) is 4.02. The van der Waals surface area contributed by atoms with E-state index in [1.165, 1.54) is 0 Å². The van der Waals surface area contributed by atoms with Crippen molar-refractivity contribution in [1.82, 2.24) is 14.8 Å². The van der Waals surface area contributed by atoms with E-state index in [0.29, 0.717) is 23.8 Å². The minimum atomic E-state index is -0.416. The molecule has 0 unspecified atom stereocenters. The molecule has 2 heterocycles. The van der Waals surface area contributed by atoms with E-state index in [1.54, 1.807) is 30.0 Å². The Morgan fingerprint density at radius 2 is 2.00 bits per heavy atom. The van der Waals surface area contributed by atoms with Gasteiger partial charge in [-0.1, -0.05) is 12.1 Å². The second-order valence-electron chi connectivity index (χ2n) is 7.22. The Bertz CT molecular complexity index is 1130. The standard InChI is InChI=1S/C22H20N4O3/c1-29-16-10-8-13(9-11-16)21-24-22-23-17-6-3-7-18(28)19(17)20(26(22)25-21)14-4-2-5-15(27)12-14/h2,4-5,8-12,20,27H,3,6-7H2,1H3,(H,23,24,25)/t20-/m1/s1. The average molecular weight is 388 g/mol. The van der Waals surface area contributed by atoms with Gasteiger partial charge >= 0.3 is 0 Å². The fraction of sp³-hybridized carbons (Fsp3) is 0.227. The minimum Gasteiger partial charge on any atom is -0.508 e. The number of nitrogens with zero attached hydrogens (tertiary/aromatic N) is 3. The zero-order valence-corrected chi connectivity index (χ0v) is 15.9. The highest BCUT2D eigenvalue weighted by atomic mass is 16.5. The molecule has 2 N–H and O–H groups in total. The predicted molar refractivity (Wildman–Crippen MR) is 108 cm³/mol. The van der Waals surface area contributed by atoms with Crippen LogP contribution in [0.2, 0.25) is 0 Å². The molecule has 0 radical (unpaired) electrons. The van der Waals surface area contributed by atoms with E-state index in [1.807, 2.05) is 30.3 Å². The Balaban J connectivity index is 1.65. The number of allylic oxidation sites excluding steroid dienone is 2. The number of nitrogens with one attached hydrogen (secondary N) is 1. The molecule has 0 saturated heterocycles. The second-order valence-corrected chi connectivity index (χ2v) is 7.22. The molecule has 0 amide bonds. The number of anilines is 1. The molecule has 0 saturated carbocycles. The molecular formula is C22H20N4O3. The Kier molecular flexibility index (Phi) is 4.08. The summed E-state index contributed by atoms with van der Waals surface area (Å²) in [6.45, 7) is 0. The van der Waals surface area contributed by atoms with Crippen molar-refractivity contribution in [3.05, 3.63) is 65.4 Å². The molecule has 0 spiro atoms. The number of hydrogen-bond donors (Lipinski definition) is 2. The van der Waals surface area contributed by atoms with Gasteiger partial charge in [0.2, 0.25) is 5.95 Å². The van der Waals surface area contributed by atoms with Gasteiger partial charge in [-0.15, -0.1) is 5.10 Å². The molecule has 1 aromatic heterocycles. The Labute approximate surface area is 167 Å². The summed E-state index contributed by atoms with van der Waals surface area (Å²) in [7, 11) is 1.62. The van der Waals surface area contributed by atoms with Crippen LogP contribution in [0.4, 0.5) is 5.95 Å². The highest BCUT2D eigenvalue weighted by molar-refractivity contribution is 5.99. The van der Waals surface area contributed by atoms with E-state index in [-0.39, 0.29) is 11.5 Å². The van der Waals surface area contributed by atoms with Gasteiger partial charge in [0.25, 0.3) is 0 Å². The van der Waals surface area contributed by atoms with Crippen LogP contribution in [0.25, 0.3) is 11.4 Å². The van der Waals surface area contributed by atoms with Crippen molar-refractivity contribution in [3.63, 3.8) is 0 Å². The molecule has 0 bridgehead atoms. The maximum atomic E-state index is 12.8. The summed E-state index contributed by atoms with van der Waals surface area (Å²) < 4.78 is 6.97. The Morgan fingerprint density at radius 3 is 2.76 bits per heavy atom. The van der Waals surface area contributed by atoms with Crippen LogP contribution in [-0.2, 0) is 4.79 Å². The number of fused-ring (bicyclic) bond motifs is 1. The molecule has 146 valence electrons. The van der Waals surface area contributed by atoms with Gasteiger partial charge in [0.1, 0.15) is 17.5 Å². The summed E-state index contributed by atoms with van der Waals surface area (Å²) in [5.74, 6) is 2.18. The molecule has 2 aromatic carbocycles. The van der Waals surface area contributed by atoms with Crippen LogP contribution < -0.4 is 10.1 Å². The number of benzene rings is 2. The van der Waals surface area contributed by atoms with Crippen molar-refractivity contribution >= 4 is 11.7 Å². The maximum Gasteiger partial charge on any atom is 0.226 e. The van der Waals surface area contributed by atoms with Gasteiger partial charge < -0.3 is 15.2 Å². The maximum absolute atomic E-state index is 12.8. The third-order valence-electron chi connectivity index (χ3n) is 5.40. The summed E-state index contributed by atoms with van der Waals surface area (Å²) in [5, 5.41) is 18.1. The lowest BCUT2D eigenvalue weighted by Gasteiger charge is -2.32. The quantitative estimate of drug-likeness (QED) is 0.711. The van der Waals surface area contributed by atoms with Crippen LogP contribution in [0.15, 0.2) is 59.8 Å². The number of aromatic nitrogens is 3. The van der Waals surface area contributed by atoms with Crippen molar-refractivity contribution in [2.24, 2.45) is 0 Å². The first-order valence-electron chi connectivity index (χ1n) is 9.57. The van der Waals surface area contributed by atoms with Crippen molar-refractivity contribution in [1.29, 1.82) is 0 Å². The van der Waals surface area contributed by atoms with E-state index < -0.39 is 6.04 Å². The highest BCUT2D eigenvalue weighted by Crippen LogP contribution is 2.41. The fourth-order valence-corrected chi connectivity index (χ4v) is 4.02. The number of methoxy groups -OCH3 is 1. The zero-order chi connectivity index (χ0) is 20.0. The third-order valence-corrected chi connectivity index (χ3v) is 5.40. The van der Waals surface area contributed by atoms with Crippen LogP contribution in [0.3, 0.4) is 0 Å². The first-order valence-corrected chi connectivity index (χ1v) is 9.57. The number of hydrogen-bond acceptors (Lipinski definition) is 6. The van der Waals surface area contributed by atoms with Gasteiger partial charge in [-0.25, -0.2) is 4.68 Å². The van der Waals surface area contributed by atoms with E-state index in [2.05, 4.69) is 10.3 Å². The van der Waals surface area contributed by atoms with E-state index >= 15 is 0 Å². The normalized spacial score (nSPS) is 18.1. The Hall–Kier alpha value is -3.61. The molecule has 1 aliphatic carbocycles. The van der Waals surface area contributed by atoms with Gasteiger partial charge in [0.05, 0.1) is 7.11 Å². The van der Waals surface area contributed by atoms with E-state index in [4.69, 9.17) is 9.84 Å². The molecule has 7 heteroatoms. The lowest BCUT2D eigenvalue weighted by Crippen LogP contribution is -2.31. The monoisotopic (exact) mass is 388 g/mol. The number of aromatic hydroxyl groups is 1. The molecule has 0 fully saturated rings. The number of ketones is 1. The molecule has 1 aliphatic heterocycles. The number of rotatable bonds is 3. The SMILES string of the molecule is COc1ccc(-c2nc3n(n2)[C@H](c2cccc(O)c2)C2=C(CCCC2=O)N3)cc1. The van der Waals surface area contributed by atoms with Crippen molar-refractivity contribution in [3.8, 4) is 22.9 Å². The number of carbonyl (C=O) groups excluding carboxylic acids is 1. The van der Waals surface area contributed by atoms with E-state index in [0.717, 1.165) is 35.4 Å². The summed E-state index contributed by atoms with van der Waals surface area (Å²) in [6.07, 6.45) is 2.13. The number of Topliss-reactive ketones (excluding diaryl/α,β-unsaturated/α-hetero) is 1. The van der Waals surface area contributed by atoms with Crippen molar-refractivity contribution in [2.75, 3.05) is 12.4 Å². The lowest BCUT2D eigenvalue weighted by molar-refractivity contribution is -0.116. The van der Waals surface area contributed by atoms with Crippen LogP contribution in [0.1, 0.15) is 30.9 Å². The summed E-state index contributed by atoms with van der Waals surface area (Å²) in [4.78, 5) is 17.5. The van der Waals surface area contributed by atoms with Crippen LogP contribution in [0.5, 0.6) is 11.5 Å². The average Bonchev–Trinajstić information content (AvgIpc) is 3.16. The summed E-state index contributed by atoms with van der Waals surface area (Å²) >= 11 is 0. The van der Waals surface area contributed by atoms with Gasteiger partial charge in [-0.2, -0.15) is 4.98 Å². The highest BCUT2D eigenvalue weighted by Gasteiger charge is 2.37. The minimum absolute atomic E-state index is 0.110. The molecule has 5 rings (SSSR count). The smallest absolute Gasteiger partial charge is 0.226 e. The molecule has 7 nitrogen and oxygen atoms in total. The number of phenols is 1. The molecule has 1 atom stereocenters. The molecular weight excluding hydrogens is 368 g/mol. The number of phenolic OH excluding ortho intramolecular Hbond substituents is 1. The first kappa shape index (κ1) is 17.5. The third kappa shape index (κ3) is 2.95. The summed E-state index contributed by atoms with van der Waals surface area (Å²) in [6, 6.07) is 14.1. The van der Waals surface area contributed by atoms with Crippen LogP contribution >= 0.6 is 0 Å². The summed E-state index contributed by atoms with van der Waals surface area (Å²) in [5.41, 5.74) is 3.27. The predicted octanol–water partition coefficient (Wildman–Crippen LogP) is 3.68. The first-order chi connectivity index (χ1) is 14.1. The van der Waals surface area contributed by atoms with E-state index in [9.17, 15) is 9.90 Å². The zero-order valence-electron chi connectivity index (χ0n) is 15.9. The van der Waals surface area contributed by atoms with Gasteiger partial charge in [0, 0.05) is 23.3 Å².